The lowest BCUT2D eigenvalue weighted by molar-refractivity contribution is 0.0653. The third kappa shape index (κ3) is 4.53. The second-order valence-corrected chi connectivity index (χ2v) is 10.2. The number of fused-ring (bicyclic) bond motifs is 2. The molecule has 5 rings (SSSR count). The van der Waals surface area contributed by atoms with Crippen LogP contribution in [0, 0.1) is 0 Å². The van der Waals surface area contributed by atoms with Crippen LogP contribution in [0.25, 0.3) is 16.7 Å². The molecular weight excluding hydrogens is 515 g/mol. The van der Waals surface area contributed by atoms with Crippen LogP contribution < -0.4 is 16.2 Å². The molecular formula is C26H26Cl2N6O3. The second-order valence-electron chi connectivity index (χ2n) is 9.38. The molecule has 37 heavy (non-hydrogen) atoms. The van der Waals surface area contributed by atoms with Crippen molar-refractivity contribution in [2.24, 2.45) is 0 Å². The van der Waals surface area contributed by atoms with Crippen LogP contribution in [0.5, 0.6) is 0 Å². The van der Waals surface area contributed by atoms with Crippen LogP contribution in [0.4, 0.5) is 11.8 Å². The number of aromatic nitrogens is 3. The monoisotopic (exact) mass is 540 g/mol. The van der Waals surface area contributed by atoms with E-state index in [1.807, 2.05) is 32.9 Å². The maximum atomic E-state index is 13.9. The first-order chi connectivity index (χ1) is 17.7. The molecule has 1 amide bonds. The summed E-state index contributed by atoms with van der Waals surface area (Å²) in [6.07, 6.45) is 0.366. The number of amides is 1. The van der Waals surface area contributed by atoms with Crippen LogP contribution in [-0.4, -0.2) is 44.6 Å². The molecule has 0 saturated carbocycles. The van der Waals surface area contributed by atoms with Gasteiger partial charge < -0.3 is 20.1 Å². The Morgan fingerprint density at radius 3 is 2.65 bits per heavy atom. The molecule has 0 aliphatic carbocycles. The molecule has 1 aliphatic rings. The van der Waals surface area contributed by atoms with Gasteiger partial charge in [0.15, 0.2) is 11.4 Å². The van der Waals surface area contributed by atoms with Gasteiger partial charge >= 0.3 is 0 Å². The van der Waals surface area contributed by atoms with Gasteiger partial charge in [-0.1, -0.05) is 28.4 Å². The standard InChI is InChI=1S/C26H26Cl2N6O3/c1-13(2)30-26-31-21-12-33(24(35)15-5-8-19(27)20(28)10-15)14(3)9-18(21)25(36)34(26)16-6-7-17-22(11-16)37-32-23(17)29-4/h5-8,10-11,13-14H,9,12H2,1-4H3,(H,29,32)(H,30,31)/t14-/m1/s1. The van der Waals surface area contributed by atoms with E-state index in [1.165, 1.54) is 0 Å². The van der Waals surface area contributed by atoms with E-state index in [0.717, 1.165) is 5.39 Å². The Bertz CT molecular complexity index is 1580. The van der Waals surface area contributed by atoms with Crippen molar-refractivity contribution in [1.82, 2.24) is 19.6 Å². The predicted octanol–water partition coefficient (Wildman–Crippen LogP) is 5.13. The highest BCUT2D eigenvalue weighted by atomic mass is 35.5. The summed E-state index contributed by atoms with van der Waals surface area (Å²) in [5.74, 6) is 0.818. The Labute approximate surface area is 223 Å². The zero-order chi connectivity index (χ0) is 26.4. The zero-order valence-corrected chi connectivity index (χ0v) is 22.3. The fourth-order valence-electron chi connectivity index (χ4n) is 4.57. The summed E-state index contributed by atoms with van der Waals surface area (Å²) in [7, 11) is 1.77. The third-order valence-electron chi connectivity index (χ3n) is 6.41. The quantitative estimate of drug-likeness (QED) is 0.361. The zero-order valence-electron chi connectivity index (χ0n) is 20.8. The molecule has 4 aromatic rings. The summed E-state index contributed by atoms with van der Waals surface area (Å²) in [4.78, 5) is 33.8. The van der Waals surface area contributed by atoms with E-state index in [4.69, 9.17) is 32.7 Å². The van der Waals surface area contributed by atoms with Crippen molar-refractivity contribution in [3.63, 3.8) is 0 Å². The van der Waals surface area contributed by atoms with Crippen molar-refractivity contribution in [2.45, 2.75) is 45.8 Å². The summed E-state index contributed by atoms with van der Waals surface area (Å²) in [5, 5.41) is 11.8. The molecule has 1 aliphatic heterocycles. The second kappa shape index (κ2) is 9.72. The Morgan fingerprint density at radius 2 is 1.95 bits per heavy atom. The first-order valence-corrected chi connectivity index (χ1v) is 12.7. The van der Waals surface area contributed by atoms with Crippen LogP contribution in [0.3, 0.4) is 0 Å². The molecule has 1 atom stereocenters. The van der Waals surface area contributed by atoms with E-state index in [1.54, 1.807) is 40.8 Å². The Balaban J connectivity index is 1.58. The number of carbonyl (C=O) groups is 1. The third-order valence-corrected chi connectivity index (χ3v) is 7.15. The molecule has 11 heteroatoms. The van der Waals surface area contributed by atoms with E-state index in [-0.39, 0.29) is 30.1 Å². The molecule has 2 N–H and O–H groups in total. The first kappa shape index (κ1) is 25.1. The molecule has 192 valence electrons. The summed E-state index contributed by atoms with van der Waals surface area (Å²) < 4.78 is 7.02. The molecule has 9 nitrogen and oxygen atoms in total. The normalized spacial score (nSPS) is 15.2. The highest BCUT2D eigenvalue weighted by Crippen LogP contribution is 2.29. The molecule has 2 aromatic heterocycles. The Morgan fingerprint density at radius 1 is 1.16 bits per heavy atom. The fraction of sp³-hybridized carbons (Fsp3) is 0.308. The van der Waals surface area contributed by atoms with Gasteiger partial charge in [-0.05, 0) is 57.5 Å². The SMILES string of the molecule is CNc1noc2cc(-n3c(NC(C)C)nc4c(c3=O)C[C@@H](C)N(C(=O)c3ccc(Cl)c(Cl)c3)C4)ccc12. The fourth-order valence-corrected chi connectivity index (χ4v) is 4.86. The Kier molecular flexibility index (Phi) is 6.59. The summed E-state index contributed by atoms with van der Waals surface area (Å²) in [5.41, 5.74) is 2.54. The van der Waals surface area contributed by atoms with E-state index in [9.17, 15) is 9.59 Å². The van der Waals surface area contributed by atoms with E-state index in [0.29, 0.717) is 56.3 Å². The van der Waals surface area contributed by atoms with Crippen molar-refractivity contribution >= 4 is 51.8 Å². The van der Waals surface area contributed by atoms with Crippen molar-refractivity contribution < 1.29 is 9.32 Å². The molecule has 0 radical (unpaired) electrons. The minimum atomic E-state index is -0.226. The van der Waals surface area contributed by atoms with Gasteiger partial charge in [0.05, 0.1) is 33.4 Å². The predicted molar refractivity (Wildman–Crippen MR) is 145 cm³/mol. The van der Waals surface area contributed by atoms with Gasteiger partial charge in [-0.2, -0.15) is 0 Å². The Hall–Kier alpha value is -3.56. The number of hydrogen-bond donors (Lipinski definition) is 2. The average molecular weight is 541 g/mol. The number of nitrogens with one attached hydrogen (secondary N) is 2. The number of hydrogen-bond acceptors (Lipinski definition) is 7. The lowest BCUT2D eigenvalue weighted by Gasteiger charge is -2.34. The largest absolute Gasteiger partial charge is 0.370 e. The van der Waals surface area contributed by atoms with Gasteiger partial charge in [0.2, 0.25) is 5.95 Å². The average Bonchev–Trinajstić information content (AvgIpc) is 3.27. The maximum Gasteiger partial charge on any atom is 0.263 e. The molecule has 2 aromatic carbocycles. The minimum Gasteiger partial charge on any atom is -0.370 e. The number of carbonyl (C=O) groups excluding carboxylic acids is 1. The number of halogens is 2. The van der Waals surface area contributed by atoms with E-state index < -0.39 is 0 Å². The highest BCUT2D eigenvalue weighted by Gasteiger charge is 2.32. The van der Waals surface area contributed by atoms with Crippen LogP contribution in [0.1, 0.15) is 42.4 Å². The van der Waals surface area contributed by atoms with Gasteiger partial charge in [0, 0.05) is 36.3 Å². The van der Waals surface area contributed by atoms with Crippen molar-refractivity contribution in [2.75, 3.05) is 17.7 Å². The lowest BCUT2D eigenvalue weighted by Crippen LogP contribution is -2.46. The van der Waals surface area contributed by atoms with Gasteiger partial charge in [0.25, 0.3) is 11.5 Å². The smallest absolute Gasteiger partial charge is 0.263 e. The lowest BCUT2D eigenvalue weighted by atomic mass is 9.98. The maximum absolute atomic E-state index is 13.9. The van der Waals surface area contributed by atoms with Gasteiger partial charge in [0.1, 0.15) is 0 Å². The summed E-state index contributed by atoms with van der Waals surface area (Å²) in [6.45, 7) is 6.06. The molecule has 3 heterocycles. The van der Waals surface area contributed by atoms with Gasteiger partial charge in [-0.15, -0.1) is 0 Å². The molecule has 0 fully saturated rings. The molecule has 0 bridgehead atoms. The number of nitrogens with zero attached hydrogens (tertiary/aromatic N) is 4. The molecule has 0 saturated heterocycles. The number of anilines is 2. The van der Waals surface area contributed by atoms with E-state index in [2.05, 4.69) is 15.8 Å². The van der Waals surface area contributed by atoms with Gasteiger partial charge in [-0.3, -0.25) is 9.59 Å². The number of benzene rings is 2. The number of rotatable bonds is 5. The minimum absolute atomic E-state index is 0.0116. The van der Waals surface area contributed by atoms with Crippen molar-refractivity contribution in [3.05, 3.63) is 73.6 Å². The van der Waals surface area contributed by atoms with Crippen molar-refractivity contribution in [1.29, 1.82) is 0 Å². The van der Waals surface area contributed by atoms with Crippen LogP contribution in [0.2, 0.25) is 10.0 Å². The van der Waals surface area contributed by atoms with Crippen molar-refractivity contribution in [3.8, 4) is 5.69 Å². The first-order valence-electron chi connectivity index (χ1n) is 11.9. The molecule has 0 spiro atoms. The van der Waals surface area contributed by atoms with Crippen LogP contribution in [-0.2, 0) is 13.0 Å². The van der Waals surface area contributed by atoms with Crippen LogP contribution >= 0.6 is 23.2 Å². The topological polar surface area (TPSA) is 105 Å². The molecule has 0 unspecified atom stereocenters. The van der Waals surface area contributed by atoms with Gasteiger partial charge in [-0.25, -0.2) is 9.55 Å². The summed E-state index contributed by atoms with van der Waals surface area (Å²) >= 11 is 12.2. The van der Waals surface area contributed by atoms with E-state index >= 15 is 0 Å². The van der Waals surface area contributed by atoms with Crippen LogP contribution in [0.15, 0.2) is 45.7 Å². The summed E-state index contributed by atoms with van der Waals surface area (Å²) in [6, 6.07) is 10.1. The highest BCUT2D eigenvalue weighted by molar-refractivity contribution is 6.42.